The summed E-state index contributed by atoms with van der Waals surface area (Å²) in [4.78, 5) is 6.35. The normalized spacial score (nSPS) is 14.8. The van der Waals surface area contributed by atoms with Gasteiger partial charge in [-0.3, -0.25) is 0 Å². The number of hydrogen-bond donors (Lipinski definition) is 2. The summed E-state index contributed by atoms with van der Waals surface area (Å²) in [5, 5.41) is 6.98. The molecule has 0 saturated carbocycles. The second kappa shape index (κ2) is 6.73. The molecule has 3 aromatic heterocycles. The predicted molar refractivity (Wildman–Crippen MR) is 111 cm³/mol. The van der Waals surface area contributed by atoms with E-state index in [0.717, 1.165) is 43.1 Å². The van der Waals surface area contributed by atoms with Crippen LogP contribution in [0.2, 0.25) is 0 Å². The molecule has 0 amide bonds. The minimum atomic E-state index is -0.426. The van der Waals surface area contributed by atoms with Crippen molar-refractivity contribution in [2.75, 3.05) is 36.4 Å². The molecule has 1 aromatic carbocycles. The molecule has 4 aromatic rings. The van der Waals surface area contributed by atoms with Crippen LogP contribution in [0.5, 0.6) is 0 Å². The third-order valence-corrected chi connectivity index (χ3v) is 5.41. The Morgan fingerprint density at radius 1 is 1.03 bits per heavy atom. The van der Waals surface area contributed by atoms with Gasteiger partial charge in [0.15, 0.2) is 11.5 Å². The second-order valence-electron chi connectivity index (χ2n) is 7.53. The topological polar surface area (TPSA) is 49.5 Å². The lowest BCUT2D eigenvalue weighted by atomic mass is 10.1. The summed E-state index contributed by atoms with van der Waals surface area (Å²) in [5.74, 6) is -0.719. The predicted octanol–water partition coefficient (Wildman–Crippen LogP) is 3.57. The van der Waals surface area contributed by atoms with Crippen LogP contribution in [0.3, 0.4) is 0 Å². The Hall–Kier alpha value is -3.13. The third-order valence-electron chi connectivity index (χ3n) is 5.41. The maximum Gasteiger partial charge on any atom is 0.173 e. The number of nitrogens with zero attached hydrogens (tertiary/aromatic N) is 4. The maximum atomic E-state index is 15.1. The van der Waals surface area contributed by atoms with Crippen LogP contribution in [-0.2, 0) is 7.05 Å². The fourth-order valence-electron chi connectivity index (χ4n) is 4.05. The zero-order chi connectivity index (χ0) is 20.1. The molecule has 4 heterocycles. The number of pyridine rings is 1. The number of anilines is 3. The molecule has 150 valence electrons. The van der Waals surface area contributed by atoms with Crippen molar-refractivity contribution in [2.45, 2.75) is 6.92 Å². The minimum Gasteiger partial charge on any atom is -0.369 e. The van der Waals surface area contributed by atoms with E-state index >= 15 is 4.39 Å². The molecular weight excluding hydrogens is 374 g/mol. The molecular formula is C21H22F2N6. The fraction of sp³-hybridized carbons (Fsp3) is 0.286. The number of imidazole rings is 1. The number of aromatic nitrogens is 3. The molecule has 5 rings (SSSR count). The first-order chi connectivity index (χ1) is 14.0. The van der Waals surface area contributed by atoms with Crippen molar-refractivity contribution >= 4 is 33.6 Å². The van der Waals surface area contributed by atoms with Crippen LogP contribution < -0.4 is 15.5 Å². The van der Waals surface area contributed by atoms with E-state index in [4.69, 9.17) is 0 Å². The van der Waals surface area contributed by atoms with Gasteiger partial charge in [0, 0.05) is 63.6 Å². The Balaban J connectivity index is 1.55. The zero-order valence-electron chi connectivity index (χ0n) is 16.3. The zero-order valence-corrected chi connectivity index (χ0v) is 16.3. The largest absolute Gasteiger partial charge is 0.369 e. The first kappa shape index (κ1) is 17.9. The first-order valence-corrected chi connectivity index (χ1v) is 9.66. The van der Waals surface area contributed by atoms with E-state index in [2.05, 4.69) is 20.5 Å². The van der Waals surface area contributed by atoms with Crippen molar-refractivity contribution in [1.29, 1.82) is 0 Å². The second-order valence-corrected chi connectivity index (χ2v) is 7.53. The molecule has 8 heteroatoms. The molecule has 1 saturated heterocycles. The standard InChI is InChI=1S/C21H22F2N6/c1-13-10-29-11-14(7-17(23)21(29)25-13)26-18-12-27(2)19-9-15(8-16(22)20(18)19)28-5-3-24-4-6-28/h7-12,24,26H,3-6H2,1-2H3. The number of piperazine rings is 1. The van der Waals surface area contributed by atoms with Crippen LogP contribution in [0.25, 0.3) is 16.6 Å². The van der Waals surface area contributed by atoms with Crippen LogP contribution in [0.1, 0.15) is 5.69 Å². The molecule has 0 unspecified atom stereocenters. The van der Waals surface area contributed by atoms with Crippen molar-refractivity contribution < 1.29 is 8.78 Å². The van der Waals surface area contributed by atoms with E-state index in [-0.39, 0.29) is 11.5 Å². The fourth-order valence-corrected chi connectivity index (χ4v) is 4.05. The molecule has 2 N–H and O–H groups in total. The molecule has 0 bridgehead atoms. The van der Waals surface area contributed by atoms with Crippen LogP contribution in [0, 0.1) is 18.6 Å². The highest BCUT2D eigenvalue weighted by atomic mass is 19.1. The molecule has 1 fully saturated rings. The smallest absolute Gasteiger partial charge is 0.173 e. The van der Waals surface area contributed by atoms with Gasteiger partial charge in [-0.25, -0.2) is 13.8 Å². The number of hydrogen-bond acceptors (Lipinski definition) is 4. The third kappa shape index (κ3) is 3.09. The number of rotatable bonds is 3. The molecule has 1 aliphatic rings. The summed E-state index contributed by atoms with van der Waals surface area (Å²) in [6.07, 6.45) is 5.34. The molecule has 0 spiro atoms. The summed E-state index contributed by atoms with van der Waals surface area (Å²) < 4.78 is 33.1. The van der Waals surface area contributed by atoms with Gasteiger partial charge in [0.2, 0.25) is 0 Å². The summed E-state index contributed by atoms with van der Waals surface area (Å²) in [7, 11) is 1.89. The maximum absolute atomic E-state index is 15.1. The summed E-state index contributed by atoms with van der Waals surface area (Å²) in [5.41, 5.74) is 3.81. The van der Waals surface area contributed by atoms with E-state index in [1.54, 1.807) is 22.9 Å². The van der Waals surface area contributed by atoms with Crippen molar-refractivity contribution in [2.24, 2.45) is 7.05 Å². The van der Waals surface area contributed by atoms with E-state index in [9.17, 15) is 4.39 Å². The lowest BCUT2D eigenvalue weighted by Crippen LogP contribution is -2.43. The molecule has 0 atom stereocenters. The molecule has 6 nitrogen and oxygen atoms in total. The van der Waals surface area contributed by atoms with Crippen molar-refractivity contribution in [1.82, 2.24) is 19.3 Å². The molecule has 0 aliphatic carbocycles. The lowest BCUT2D eigenvalue weighted by Gasteiger charge is -2.29. The number of nitrogens with one attached hydrogen (secondary N) is 2. The molecule has 29 heavy (non-hydrogen) atoms. The van der Waals surface area contributed by atoms with E-state index < -0.39 is 5.82 Å². The van der Waals surface area contributed by atoms with Crippen molar-refractivity contribution in [3.8, 4) is 0 Å². The van der Waals surface area contributed by atoms with E-state index in [0.29, 0.717) is 16.8 Å². The van der Waals surface area contributed by atoms with Crippen LogP contribution >= 0.6 is 0 Å². The van der Waals surface area contributed by atoms with E-state index in [1.165, 1.54) is 6.07 Å². The van der Waals surface area contributed by atoms with Gasteiger partial charge in [-0.15, -0.1) is 0 Å². The Kier molecular flexibility index (Phi) is 4.16. The average molecular weight is 396 g/mol. The summed E-state index contributed by atoms with van der Waals surface area (Å²) >= 11 is 0. The van der Waals surface area contributed by atoms with Gasteiger partial charge in [-0.1, -0.05) is 0 Å². The van der Waals surface area contributed by atoms with E-state index in [1.807, 2.05) is 30.8 Å². The van der Waals surface area contributed by atoms with Gasteiger partial charge in [-0.2, -0.15) is 0 Å². The van der Waals surface area contributed by atoms with Gasteiger partial charge in [-0.05, 0) is 19.1 Å². The summed E-state index contributed by atoms with van der Waals surface area (Å²) in [6, 6.07) is 4.98. The monoisotopic (exact) mass is 396 g/mol. The highest BCUT2D eigenvalue weighted by molar-refractivity contribution is 5.97. The van der Waals surface area contributed by atoms with Gasteiger partial charge in [0.25, 0.3) is 0 Å². The van der Waals surface area contributed by atoms with Crippen LogP contribution in [-0.4, -0.2) is 40.1 Å². The van der Waals surface area contributed by atoms with Gasteiger partial charge >= 0.3 is 0 Å². The molecule has 1 aliphatic heterocycles. The lowest BCUT2D eigenvalue weighted by molar-refractivity contribution is 0.586. The van der Waals surface area contributed by atoms with Crippen LogP contribution in [0.4, 0.5) is 25.8 Å². The van der Waals surface area contributed by atoms with Crippen molar-refractivity contribution in [3.63, 3.8) is 0 Å². The average Bonchev–Trinajstić information content (AvgIpc) is 3.22. The van der Waals surface area contributed by atoms with Gasteiger partial charge in [0.05, 0.1) is 28.0 Å². The first-order valence-electron chi connectivity index (χ1n) is 9.66. The number of benzene rings is 1. The van der Waals surface area contributed by atoms with Crippen LogP contribution in [0.15, 0.2) is 36.8 Å². The highest BCUT2D eigenvalue weighted by Crippen LogP contribution is 2.34. The SMILES string of the molecule is Cc1cn2cc(Nc3cn(C)c4cc(N5CCNCC5)cc(F)c34)cc(F)c2n1. The van der Waals surface area contributed by atoms with Crippen molar-refractivity contribution in [3.05, 3.63) is 54.1 Å². The highest BCUT2D eigenvalue weighted by Gasteiger charge is 2.18. The number of halogens is 2. The minimum absolute atomic E-state index is 0.276. The quantitative estimate of drug-likeness (QED) is 0.556. The van der Waals surface area contributed by atoms with Gasteiger partial charge in [0.1, 0.15) is 5.82 Å². The van der Waals surface area contributed by atoms with Gasteiger partial charge < -0.3 is 24.5 Å². The Morgan fingerprint density at radius 2 is 1.83 bits per heavy atom. The number of aryl methyl sites for hydroxylation is 2. The Labute approximate surface area is 166 Å². The Morgan fingerprint density at radius 3 is 2.62 bits per heavy atom. The molecule has 0 radical (unpaired) electrons. The summed E-state index contributed by atoms with van der Waals surface area (Å²) in [6.45, 7) is 5.30. The number of fused-ring (bicyclic) bond motifs is 2. The Bertz CT molecular complexity index is 1220.